The van der Waals surface area contributed by atoms with Crippen LogP contribution in [0.5, 0.6) is 0 Å². The minimum Gasteiger partial charge on any atom is -0.393 e. The zero-order valence-corrected chi connectivity index (χ0v) is 18.7. The van der Waals surface area contributed by atoms with E-state index in [0.29, 0.717) is 6.42 Å². The summed E-state index contributed by atoms with van der Waals surface area (Å²) < 4.78 is 34.9. The Morgan fingerprint density at radius 3 is 1.52 bits per heavy atom. The number of hydrogen-bond donors (Lipinski definition) is 2. The van der Waals surface area contributed by atoms with Crippen LogP contribution < -0.4 is 0 Å². The molecule has 0 aliphatic carbocycles. The van der Waals surface area contributed by atoms with Crippen molar-refractivity contribution in [3.8, 4) is 0 Å². The summed E-state index contributed by atoms with van der Waals surface area (Å²) in [5.41, 5.74) is -1.09. The predicted octanol–water partition coefficient (Wildman–Crippen LogP) is 6.21. The van der Waals surface area contributed by atoms with E-state index >= 15 is 0 Å². The lowest BCUT2D eigenvalue weighted by molar-refractivity contribution is 0.0309. The summed E-state index contributed by atoms with van der Waals surface area (Å²) >= 11 is 0. The maximum Gasteiger partial charge on any atom is 0.397 e. The third-order valence-electron chi connectivity index (χ3n) is 4.95. The molecule has 0 aromatic heterocycles. The smallest absolute Gasteiger partial charge is 0.393 e. The van der Waals surface area contributed by atoms with Crippen molar-refractivity contribution in [2.24, 2.45) is 0 Å². The Hall–Kier alpha value is -0.170. The van der Waals surface area contributed by atoms with Crippen molar-refractivity contribution in [3.05, 3.63) is 0 Å². The quantitative estimate of drug-likeness (QED) is 0.196. The molecule has 0 fully saturated rings. The average molecular weight is 409 g/mol. The van der Waals surface area contributed by atoms with Crippen molar-refractivity contribution >= 4 is 10.4 Å². The van der Waals surface area contributed by atoms with Crippen LogP contribution in [0.25, 0.3) is 0 Å². The second kappa shape index (κ2) is 15.7. The number of unbranched alkanes of at least 4 members (excludes halogenated alkanes) is 13. The molecule has 0 aliphatic heterocycles. The summed E-state index contributed by atoms with van der Waals surface area (Å²) in [7, 11) is -4.49. The van der Waals surface area contributed by atoms with Gasteiger partial charge in [0.2, 0.25) is 0 Å². The Bertz CT molecular complexity index is 434. The summed E-state index contributed by atoms with van der Waals surface area (Å²) in [6.45, 7) is 5.36. The van der Waals surface area contributed by atoms with E-state index in [1.807, 2.05) is 0 Å². The van der Waals surface area contributed by atoms with Gasteiger partial charge in [0, 0.05) is 6.42 Å². The second-order valence-electron chi connectivity index (χ2n) is 8.51. The van der Waals surface area contributed by atoms with E-state index in [1.54, 1.807) is 13.8 Å². The zero-order chi connectivity index (χ0) is 20.6. The fourth-order valence-corrected chi connectivity index (χ4v) is 4.20. The lowest BCUT2D eigenvalue weighted by atomic mass is 9.97. The first-order valence-corrected chi connectivity index (χ1v) is 12.4. The lowest BCUT2D eigenvalue weighted by Crippen LogP contribution is -2.32. The summed E-state index contributed by atoms with van der Waals surface area (Å²) in [6.07, 6.45) is 18.3. The Morgan fingerprint density at radius 2 is 1.15 bits per heavy atom. The average Bonchev–Trinajstić information content (AvgIpc) is 2.52. The molecule has 0 bridgehead atoms. The molecule has 0 aromatic carbocycles. The molecule has 1 unspecified atom stereocenters. The molecule has 0 saturated carbocycles. The van der Waals surface area contributed by atoms with Crippen LogP contribution in [0.1, 0.15) is 124 Å². The van der Waals surface area contributed by atoms with Crippen LogP contribution in [-0.2, 0) is 14.6 Å². The number of aliphatic hydroxyl groups excluding tert-OH is 1. The van der Waals surface area contributed by atoms with Crippen LogP contribution in [0.3, 0.4) is 0 Å². The van der Waals surface area contributed by atoms with Crippen LogP contribution in [0.15, 0.2) is 0 Å². The standard InChI is InChI=1S/C21H44O5S/c1-4-5-6-7-8-9-10-11-12-13-14-15-16-17-18-20(22)19-21(2,3)26-27(23,24)25/h20,22H,4-19H2,1-3H3,(H,23,24,25). The van der Waals surface area contributed by atoms with Crippen molar-refractivity contribution in [1.29, 1.82) is 0 Å². The molecule has 5 nitrogen and oxygen atoms in total. The first kappa shape index (κ1) is 26.8. The van der Waals surface area contributed by atoms with Gasteiger partial charge in [-0.05, 0) is 20.3 Å². The highest BCUT2D eigenvalue weighted by atomic mass is 32.3. The normalized spacial score (nSPS) is 13.8. The van der Waals surface area contributed by atoms with E-state index in [1.165, 1.54) is 77.0 Å². The molecule has 0 spiro atoms. The highest BCUT2D eigenvalue weighted by Gasteiger charge is 2.28. The van der Waals surface area contributed by atoms with Gasteiger partial charge >= 0.3 is 10.4 Å². The Kier molecular flexibility index (Phi) is 15.6. The Labute approximate surface area is 168 Å². The van der Waals surface area contributed by atoms with Gasteiger partial charge in [-0.3, -0.25) is 4.55 Å². The number of rotatable bonds is 19. The molecule has 1 atom stereocenters. The third kappa shape index (κ3) is 20.4. The highest BCUT2D eigenvalue weighted by molar-refractivity contribution is 7.80. The van der Waals surface area contributed by atoms with Gasteiger partial charge in [-0.1, -0.05) is 96.8 Å². The Balaban J connectivity index is 3.44. The largest absolute Gasteiger partial charge is 0.397 e. The van der Waals surface area contributed by atoms with Crippen LogP contribution in [0.4, 0.5) is 0 Å². The monoisotopic (exact) mass is 408 g/mol. The summed E-state index contributed by atoms with van der Waals surface area (Å²) in [4.78, 5) is 0. The molecule has 0 radical (unpaired) electrons. The van der Waals surface area contributed by atoms with Crippen molar-refractivity contribution in [2.45, 2.75) is 135 Å². The van der Waals surface area contributed by atoms with Crippen molar-refractivity contribution < 1.29 is 22.3 Å². The van der Waals surface area contributed by atoms with E-state index < -0.39 is 22.1 Å². The molecule has 0 aliphatic rings. The highest BCUT2D eigenvalue weighted by Crippen LogP contribution is 2.22. The third-order valence-corrected chi connectivity index (χ3v) is 5.61. The van der Waals surface area contributed by atoms with E-state index in [4.69, 9.17) is 4.55 Å². The van der Waals surface area contributed by atoms with Gasteiger partial charge in [0.15, 0.2) is 0 Å². The van der Waals surface area contributed by atoms with E-state index in [2.05, 4.69) is 11.1 Å². The van der Waals surface area contributed by atoms with Crippen molar-refractivity contribution in [1.82, 2.24) is 0 Å². The zero-order valence-electron chi connectivity index (χ0n) is 17.9. The molecule has 0 amide bonds. The van der Waals surface area contributed by atoms with Crippen LogP contribution in [-0.4, -0.2) is 29.8 Å². The molecule has 6 heteroatoms. The summed E-state index contributed by atoms with van der Waals surface area (Å²) in [5, 5.41) is 10.0. The number of hydrogen-bond acceptors (Lipinski definition) is 4. The van der Waals surface area contributed by atoms with Gasteiger partial charge in [-0.25, -0.2) is 4.18 Å². The van der Waals surface area contributed by atoms with Crippen LogP contribution >= 0.6 is 0 Å². The maximum absolute atomic E-state index is 10.8. The SMILES string of the molecule is CCCCCCCCCCCCCCCCC(O)CC(C)(C)OS(=O)(=O)O. The molecule has 0 aromatic rings. The Morgan fingerprint density at radius 1 is 0.778 bits per heavy atom. The van der Waals surface area contributed by atoms with Gasteiger partial charge in [0.1, 0.15) is 0 Å². The van der Waals surface area contributed by atoms with Gasteiger partial charge < -0.3 is 5.11 Å². The first-order valence-electron chi connectivity index (χ1n) is 11.0. The van der Waals surface area contributed by atoms with Crippen LogP contribution in [0.2, 0.25) is 0 Å². The van der Waals surface area contributed by atoms with E-state index in [0.717, 1.165) is 12.8 Å². The molecule has 27 heavy (non-hydrogen) atoms. The molecule has 2 N–H and O–H groups in total. The molecule has 0 heterocycles. The van der Waals surface area contributed by atoms with Gasteiger partial charge in [-0.2, -0.15) is 8.42 Å². The molecular formula is C21H44O5S. The minimum atomic E-state index is -4.49. The minimum absolute atomic E-state index is 0.186. The topological polar surface area (TPSA) is 83.8 Å². The fraction of sp³-hybridized carbons (Fsp3) is 1.00. The molecular weight excluding hydrogens is 364 g/mol. The fourth-order valence-electron chi connectivity index (χ4n) is 3.56. The lowest BCUT2D eigenvalue weighted by Gasteiger charge is -2.25. The van der Waals surface area contributed by atoms with Crippen molar-refractivity contribution in [3.63, 3.8) is 0 Å². The van der Waals surface area contributed by atoms with Gasteiger partial charge in [0.05, 0.1) is 11.7 Å². The van der Waals surface area contributed by atoms with Crippen molar-refractivity contribution in [2.75, 3.05) is 0 Å². The second-order valence-corrected chi connectivity index (χ2v) is 9.54. The first-order chi connectivity index (χ1) is 12.7. The molecule has 0 saturated heterocycles. The van der Waals surface area contributed by atoms with Gasteiger partial charge in [-0.15, -0.1) is 0 Å². The summed E-state index contributed by atoms with van der Waals surface area (Å²) in [5.74, 6) is 0. The predicted molar refractivity (Wildman–Crippen MR) is 112 cm³/mol. The number of aliphatic hydroxyl groups is 1. The van der Waals surface area contributed by atoms with Gasteiger partial charge in [0.25, 0.3) is 0 Å². The molecule has 164 valence electrons. The molecule has 0 rings (SSSR count). The van der Waals surface area contributed by atoms with E-state index in [-0.39, 0.29) is 6.42 Å². The summed E-state index contributed by atoms with van der Waals surface area (Å²) in [6, 6.07) is 0. The van der Waals surface area contributed by atoms with E-state index in [9.17, 15) is 13.5 Å². The maximum atomic E-state index is 10.8. The van der Waals surface area contributed by atoms with Crippen LogP contribution in [0, 0.1) is 0 Å².